The zero-order valence-corrected chi connectivity index (χ0v) is 13.0. The number of nitrogens with zero attached hydrogens (tertiary/aromatic N) is 1. The van der Waals surface area contributed by atoms with Crippen molar-refractivity contribution in [3.63, 3.8) is 0 Å². The first-order valence-electron chi connectivity index (χ1n) is 7.83. The van der Waals surface area contributed by atoms with Gasteiger partial charge in [-0.05, 0) is 43.2 Å². The summed E-state index contributed by atoms with van der Waals surface area (Å²) in [5.41, 5.74) is 1.42. The van der Waals surface area contributed by atoms with Crippen LogP contribution in [0.25, 0.3) is 0 Å². The summed E-state index contributed by atoms with van der Waals surface area (Å²) < 4.78 is 0. The van der Waals surface area contributed by atoms with Crippen LogP contribution >= 0.6 is 11.3 Å². The molecule has 1 amide bonds. The Labute approximate surface area is 125 Å². The molecule has 110 valence electrons. The minimum atomic E-state index is 0.211. The van der Waals surface area contributed by atoms with E-state index in [0.717, 1.165) is 25.8 Å². The van der Waals surface area contributed by atoms with Gasteiger partial charge in [-0.1, -0.05) is 19.3 Å². The summed E-state index contributed by atoms with van der Waals surface area (Å²) in [4.78, 5) is 16.0. The van der Waals surface area contributed by atoms with Gasteiger partial charge in [0.25, 0.3) is 0 Å². The van der Waals surface area contributed by atoms with Crippen molar-refractivity contribution in [2.45, 2.75) is 57.5 Å². The zero-order chi connectivity index (χ0) is 13.9. The van der Waals surface area contributed by atoms with Crippen LogP contribution in [0.1, 0.15) is 55.5 Å². The first kappa shape index (κ1) is 14.1. The monoisotopic (exact) mass is 292 g/mol. The highest BCUT2D eigenvalue weighted by molar-refractivity contribution is 7.10. The quantitative estimate of drug-likeness (QED) is 0.928. The van der Waals surface area contributed by atoms with Gasteiger partial charge < -0.3 is 5.32 Å². The molecule has 3 rings (SSSR count). The van der Waals surface area contributed by atoms with Crippen LogP contribution in [-0.4, -0.2) is 29.9 Å². The molecule has 0 aromatic carbocycles. The third kappa shape index (κ3) is 3.07. The van der Waals surface area contributed by atoms with E-state index in [1.807, 2.05) is 11.3 Å². The molecule has 1 aliphatic carbocycles. The Morgan fingerprint density at radius 2 is 2.20 bits per heavy atom. The van der Waals surface area contributed by atoms with Gasteiger partial charge in [-0.3, -0.25) is 9.69 Å². The summed E-state index contributed by atoms with van der Waals surface area (Å²) in [5, 5.41) is 5.40. The number of carbonyl (C=O) groups is 1. The second-order valence-electron chi connectivity index (χ2n) is 6.10. The van der Waals surface area contributed by atoms with Crippen LogP contribution in [0.3, 0.4) is 0 Å². The van der Waals surface area contributed by atoms with Crippen molar-refractivity contribution in [1.82, 2.24) is 10.2 Å². The minimum Gasteiger partial charge on any atom is -0.352 e. The number of fused-ring (bicyclic) bond motifs is 1. The van der Waals surface area contributed by atoms with Crippen molar-refractivity contribution in [3.05, 3.63) is 21.9 Å². The van der Waals surface area contributed by atoms with Crippen molar-refractivity contribution < 1.29 is 4.79 Å². The number of amides is 1. The molecule has 1 saturated carbocycles. The van der Waals surface area contributed by atoms with Crippen molar-refractivity contribution >= 4 is 17.2 Å². The maximum atomic E-state index is 12.2. The fraction of sp³-hybridized carbons (Fsp3) is 0.688. The number of carbonyl (C=O) groups excluding carboxylic acids is 1. The van der Waals surface area contributed by atoms with E-state index in [1.54, 1.807) is 0 Å². The summed E-state index contributed by atoms with van der Waals surface area (Å²) in [6.07, 6.45) is 7.28. The van der Waals surface area contributed by atoms with E-state index in [-0.39, 0.29) is 5.91 Å². The van der Waals surface area contributed by atoms with E-state index in [1.165, 1.54) is 29.7 Å². The van der Waals surface area contributed by atoms with Gasteiger partial charge in [0.15, 0.2) is 0 Å². The lowest BCUT2D eigenvalue weighted by Crippen LogP contribution is -2.45. The van der Waals surface area contributed by atoms with E-state index in [9.17, 15) is 4.79 Å². The van der Waals surface area contributed by atoms with Crippen LogP contribution in [-0.2, 0) is 11.2 Å². The molecule has 4 heteroatoms. The Morgan fingerprint density at radius 1 is 1.40 bits per heavy atom. The lowest BCUT2D eigenvalue weighted by Gasteiger charge is -2.33. The number of nitrogens with one attached hydrogen (secondary N) is 1. The van der Waals surface area contributed by atoms with Crippen molar-refractivity contribution in [2.24, 2.45) is 0 Å². The lowest BCUT2D eigenvalue weighted by atomic mass is 9.95. The topological polar surface area (TPSA) is 32.3 Å². The van der Waals surface area contributed by atoms with Crippen molar-refractivity contribution in [3.8, 4) is 0 Å². The SMILES string of the molecule is CC1c2ccsc2CCN1CC(=O)NC1CCCCC1. The fourth-order valence-electron chi connectivity index (χ4n) is 3.48. The smallest absolute Gasteiger partial charge is 0.234 e. The molecular weight excluding hydrogens is 268 g/mol. The molecule has 2 aliphatic rings. The molecule has 3 nitrogen and oxygen atoms in total. The van der Waals surface area contributed by atoms with Crippen LogP contribution in [0.4, 0.5) is 0 Å². The van der Waals surface area contributed by atoms with E-state index in [0.29, 0.717) is 18.6 Å². The van der Waals surface area contributed by atoms with E-state index >= 15 is 0 Å². The molecule has 2 heterocycles. The molecule has 1 N–H and O–H groups in total. The summed E-state index contributed by atoms with van der Waals surface area (Å²) in [5.74, 6) is 0.211. The maximum absolute atomic E-state index is 12.2. The first-order chi connectivity index (χ1) is 9.74. The Morgan fingerprint density at radius 3 is 3.00 bits per heavy atom. The molecule has 1 atom stereocenters. The third-order valence-electron chi connectivity index (χ3n) is 4.72. The fourth-order valence-corrected chi connectivity index (χ4v) is 4.44. The molecule has 20 heavy (non-hydrogen) atoms. The molecule has 0 radical (unpaired) electrons. The molecule has 0 saturated heterocycles. The molecule has 1 aromatic rings. The second-order valence-corrected chi connectivity index (χ2v) is 7.10. The van der Waals surface area contributed by atoms with Gasteiger partial charge in [-0.25, -0.2) is 0 Å². The van der Waals surface area contributed by atoms with Gasteiger partial charge in [0.1, 0.15) is 0 Å². The number of rotatable bonds is 3. The molecule has 1 aromatic heterocycles. The van der Waals surface area contributed by atoms with Gasteiger partial charge in [0.2, 0.25) is 5.91 Å². The van der Waals surface area contributed by atoms with Gasteiger partial charge in [-0.2, -0.15) is 0 Å². The van der Waals surface area contributed by atoms with Crippen LogP contribution < -0.4 is 5.32 Å². The number of hydrogen-bond acceptors (Lipinski definition) is 3. The Bertz CT molecular complexity index is 465. The largest absolute Gasteiger partial charge is 0.352 e. The van der Waals surface area contributed by atoms with Gasteiger partial charge >= 0.3 is 0 Å². The molecule has 1 fully saturated rings. The maximum Gasteiger partial charge on any atom is 0.234 e. The highest BCUT2D eigenvalue weighted by Gasteiger charge is 2.26. The summed E-state index contributed by atoms with van der Waals surface area (Å²) in [6.45, 7) is 3.78. The van der Waals surface area contributed by atoms with E-state index in [4.69, 9.17) is 0 Å². The predicted molar refractivity (Wildman–Crippen MR) is 83.0 cm³/mol. The first-order valence-corrected chi connectivity index (χ1v) is 8.71. The van der Waals surface area contributed by atoms with Crippen LogP contribution in [0, 0.1) is 0 Å². The molecule has 0 bridgehead atoms. The Balaban J connectivity index is 1.54. The summed E-state index contributed by atoms with van der Waals surface area (Å²) in [6, 6.07) is 3.02. The van der Waals surface area contributed by atoms with E-state index in [2.05, 4.69) is 28.6 Å². The highest BCUT2D eigenvalue weighted by Crippen LogP contribution is 2.32. The normalized spacial score (nSPS) is 24.4. The molecule has 1 aliphatic heterocycles. The predicted octanol–water partition coefficient (Wildman–Crippen LogP) is 3.12. The van der Waals surface area contributed by atoms with Crippen molar-refractivity contribution in [1.29, 1.82) is 0 Å². The van der Waals surface area contributed by atoms with Crippen LogP contribution in [0.2, 0.25) is 0 Å². The number of thiophene rings is 1. The molecular formula is C16H24N2OS. The van der Waals surface area contributed by atoms with E-state index < -0.39 is 0 Å². The second kappa shape index (κ2) is 6.27. The van der Waals surface area contributed by atoms with Crippen molar-refractivity contribution in [2.75, 3.05) is 13.1 Å². The molecule has 0 spiro atoms. The lowest BCUT2D eigenvalue weighted by molar-refractivity contribution is -0.123. The standard InChI is InChI=1S/C16H24N2OS/c1-12-14-8-10-20-15(14)7-9-18(12)11-16(19)17-13-5-3-2-4-6-13/h8,10,12-13H,2-7,9,11H2,1H3,(H,17,19). The summed E-state index contributed by atoms with van der Waals surface area (Å²) in [7, 11) is 0. The Hall–Kier alpha value is -0.870. The van der Waals surface area contributed by atoms with Crippen LogP contribution in [0.5, 0.6) is 0 Å². The van der Waals surface area contributed by atoms with Crippen LogP contribution in [0.15, 0.2) is 11.4 Å². The zero-order valence-electron chi connectivity index (χ0n) is 12.2. The van der Waals surface area contributed by atoms with Gasteiger partial charge in [0, 0.05) is 23.5 Å². The molecule has 1 unspecified atom stereocenters. The Kier molecular flexibility index (Phi) is 4.41. The third-order valence-corrected chi connectivity index (χ3v) is 5.72. The average molecular weight is 292 g/mol. The van der Waals surface area contributed by atoms with Gasteiger partial charge in [-0.15, -0.1) is 11.3 Å². The summed E-state index contributed by atoms with van der Waals surface area (Å²) >= 11 is 1.85. The number of hydrogen-bond donors (Lipinski definition) is 1. The average Bonchev–Trinajstić information content (AvgIpc) is 2.92. The minimum absolute atomic E-state index is 0.211. The highest BCUT2D eigenvalue weighted by atomic mass is 32.1. The van der Waals surface area contributed by atoms with Gasteiger partial charge in [0.05, 0.1) is 6.54 Å².